The number of carbonyl (C=O) groups is 2. The topological polar surface area (TPSA) is 88.8 Å². The molecule has 1 aliphatic heterocycles. The van der Waals surface area contributed by atoms with E-state index in [9.17, 15) is 9.59 Å². The zero-order chi connectivity index (χ0) is 19.8. The highest BCUT2D eigenvalue weighted by atomic mass is 16.5. The summed E-state index contributed by atoms with van der Waals surface area (Å²) in [7, 11) is 0. The number of anilines is 1. The summed E-state index contributed by atoms with van der Waals surface area (Å²) in [5, 5.41) is 2.58. The average molecular weight is 365 g/mol. The van der Waals surface area contributed by atoms with Crippen LogP contribution in [0.3, 0.4) is 0 Å². The number of amides is 3. The van der Waals surface area contributed by atoms with Crippen molar-refractivity contribution < 1.29 is 14.3 Å². The summed E-state index contributed by atoms with van der Waals surface area (Å²) < 4.78 is 5.77. The van der Waals surface area contributed by atoms with E-state index >= 15 is 0 Å². The minimum atomic E-state index is -1.01. The fourth-order valence-corrected chi connectivity index (χ4v) is 2.71. The van der Waals surface area contributed by atoms with E-state index in [2.05, 4.69) is 20.1 Å². The summed E-state index contributed by atoms with van der Waals surface area (Å²) in [5.41, 5.74) is 0.425. The van der Waals surface area contributed by atoms with E-state index < -0.39 is 17.5 Å². The number of rotatable bonds is 4. The van der Waals surface area contributed by atoms with Crippen molar-refractivity contribution in [3.05, 3.63) is 47.4 Å². The number of nitrogens with one attached hydrogen (secondary N) is 1. The molecule has 3 amide bonds. The smallest absolute Gasteiger partial charge is 0.332 e. The highest BCUT2D eigenvalue weighted by Crippen LogP contribution is 2.32. The van der Waals surface area contributed by atoms with E-state index in [0.29, 0.717) is 11.4 Å². The van der Waals surface area contributed by atoms with E-state index in [1.807, 2.05) is 13.8 Å². The Labute approximate surface area is 157 Å². The van der Waals surface area contributed by atoms with Gasteiger partial charge in [-0.3, -0.25) is 4.79 Å². The summed E-state index contributed by atoms with van der Waals surface area (Å²) >= 11 is 0. The van der Waals surface area contributed by atoms with E-state index in [-0.39, 0.29) is 17.7 Å². The molecular weight excluding hydrogens is 346 g/mol. The SMILES string of the molecule is [C-]#[N+]c1ccc(Oc2ccnc(N3C(=O)NC(C)(C)C3=O)n2)cc1C(C)C. The number of imide groups is 1. The lowest BCUT2D eigenvalue weighted by molar-refractivity contribution is -0.121. The number of hydrogen-bond acceptors (Lipinski definition) is 5. The standard InChI is InChI=1S/C19H19N5O3/c1-11(2)13-10-12(6-7-14(13)20-5)27-15-8-9-21-17(22-15)24-16(25)19(3,4)23-18(24)26/h6-11H,1-4H3,(H,23,26). The number of aromatic nitrogens is 2. The maximum Gasteiger partial charge on any atom is 0.332 e. The summed E-state index contributed by atoms with van der Waals surface area (Å²) in [4.78, 5) is 37.1. The predicted molar refractivity (Wildman–Crippen MR) is 99.0 cm³/mol. The summed E-state index contributed by atoms with van der Waals surface area (Å²) in [6.07, 6.45) is 1.42. The van der Waals surface area contributed by atoms with Crippen molar-refractivity contribution in [1.29, 1.82) is 0 Å². The van der Waals surface area contributed by atoms with Gasteiger partial charge in [0.1, 0.15) is 11.3 Å². The molecule has 0 saturated carbocycles. The van der Waals surface area contributed by atoms with Gasteiger partial charge < -0.3 is 10.1 Å². The highest BCUT2D eigenvalue weighted by Gasteiger charge is 2.46. The molecular formula is C19H19N5O3. The predicted octanol–water partition coefficient (Wildman–Crippen LogP) is 3.78. The van der Waals surface area contributed by atoms with Gasteiger partial charge in [-0.05, 0) is 37.5 Å². The molecule has 1 N–H and O–H groups in total. The Morgan fingerprint density at radius 1 is 1.26 bits per heavy atom. The monoisotopic (exact) mass is 365 g/mol. The molecule has 0 bridgehead atoms. The molecule has 3 rings (SSSR count). The maximum absolute atomic E-state index is 12.4. The van der Waals surface area contributed by atoms with Gasteiger partial charge in [0, 0.05) is 12.3 Å². The lowest BCUT2D eigenvalue weighted by Crippen LogP contribution is -2.40. The fourth-order valence-electron chi connectivity index (χ4n) is 2.71. The van der Waals surface area contributed by atoms with Crippen LogP contribution in [-0.4, -0.2) is 27.4 Å². The van der Waals surface area contributed by atoms with Crippen LogP contribution in [0.15, 0.2) is 30.5 Å². The average Bonchev–Trinajstić information content (AvgIpc) is 2.82. The van der Waals surface area contributed by atoms with Crippen molar-refractivity contribution in [3.8, 4) is 11.6 Å². The van der Waals surface area contributed by atoms with Gasteiger partial charge >= 0.3 is 6.03 Å². The second kappa shape index (κ2) is 6.68. The lowest BCUT2D eigenvalue weighted by Gasteiger charge is -2.15. The molecule has 0 aliphatic carbocycles. The van der Waals surface area contributed by atoms with Gasteiger partial charge in [0.15, 0.2) is 5.69 Å². The molecule has 2 heterocycles. The van der Waals surface area contributed by atoms with Gasteiger partial charge in [-0.1, -0.05) is 19.9 Å². The third-order valence-electron chi connectivity index (χ3n) is 4.14. The van der Waals surface area contributed by atoms with Crippen LogP contribution < -0.4 is 15.0 Å². The van der Waals surface area contributed by atoms with Crippen molar-refractivity contribution in [2.75, 3.05) is 4.90 Å². The summed E-state index contributed by atoms with van der Waals surface area (Å²) in [6, 6.07) is 6.12. The van der Waals surface area contributed by atoms with Crippen LogP contribution in [0.2, 0.25) is 0 Å². The largest absolute Gasteiger partial charge is 0.439 e. The molecule has 1 aromatic carbocycles. The molecule has 0 radical (unpaired) electrons. The van der Waals surface area contributed by atoms with Crippen molar-refractivity contribution in [1.82, 2.24) is 15.3 Å². The summed E-state index contributed by atoms with van der Waals surface area (Å²) in [5.74, 6) is 0.367. The van der Waals surface area contributed by atoms with Crippen LogP contribution in [0.25, 0.3) is 4.85 Å². The zero-order valence-electron chi connectivity index (χ0n) is 15.5. The highest BCUT2D eigenvalue weighted by molar-refractivity contribution is 6.22. The Kier molecular flexibility index (Phi) is 4.54. The maximum atomic E-state index is 12.4. The first-order valence-electron chi connectivity index (χ1n) is 8.42. The Morgan fingerprint density at radius 2 is 2.00 bits per heavy atom. The first-order chi connectivity index (χ1) is 12.7. The quantitative estimate of drug-likeness (QED) is 0.658. The molecule has 2 aromatic rings. The second-order valence-electron chi connectivity index (χ2n) is 6.98. The van der Waals surface area contributed by atoms with Gasteiger partial charge in [0.05, 0.1) is 6.57 Å². The Bertz CT molecular complexity index is 962. The molecule has 1 aromatic heterocycles. The van der Waals surface area contributed by atoms with E-state index in [4.69, 9.17) is 11.3 Å². The van der Waals surface area contributed by atoms with Crippen molar-refractivity contribution in [3.63, 3.8) is 0 Å². The van der Waals surface area contributed by atoms with Crippen LogP contribution >= 0.6 is 0 Å². The minimum absolute atomic E-state index is 0.0533. The minimum Gasteiger partial charge on any atom is -0.439 e. The molecule has 0 atom stereocenters. The molecule has 1 saturated heterocycles. The number of carbonyl (C=O) groups excluding carboxylic acids is 2. The van der Waals surface area contributed by atoms with Crippen LogP contribution in [0.4, 0.5) is 16.4 Å². The number of benzene rings is 1. The van der Waals surface area contributed by atoms with E-state index in [0.717, 1.165) is 10.5 Å². The van der Waals surface area contributed by atoms with Crippen LogP contribution in [0.1, 0.15) is 39.2 Å². The van der Waals surface area contributed by atoms with Crippen LogP contribution in [0, 0.1) is 6.57 Å². The molecule has 8 heteroatoms. The number of urea groups is 1. The first kappa shape index (κ1) is 18.3. The molecule has 8 nitrogen and oxygen atoms in total. The summed E-state index contributed by atoms with van der Waals surface area (Å²) in [6.45, 7) is 14.5. The third-order valence-corrected chi connectivity index (χ3v) is 4.14. The van der Waals surface area contributed by atoms with Crippen molar-refractivity contribution in [2.45, 2.75) is 39.2 Å². The zero-order valence-corrected chi connectivity index (χ0v) is 15.5. The number of ether oxygens (including phenoxy) is 1. The van der Waals surface area contributed by atoms with E-state index in [1.165, 1.54) is 12.3 Å². The Hall–Kier alpha value is -3.47. The fraction of sp³-hybridized carbons (Fsp3) is 0.316. The van der Waals surface area contributed by atoms with Gasteiger partial charge in [0.25, 0.3) is 5.91 Å². The third kappa shape index (κ3) is 3.44. The van der Waals surface area contributed by atoms with Gasteiger partial charge in [0.2, 0.25) is 11.8 Å². The second-order valence-corrected chi connectivity index (χ2v) is 6.98. The van der Waals surface area contributed by atoms with Crippen molar-refractivity contribution in [2.24, 2.45) is 0 Å². The number of hydrogen-bond donors (Lipinski definition) is 1. The van der Waals surface area contributed by atoms with Gasteiger partial charge in [-0.25, -0.2) is 14.6 Å². The lowest BCUT2D eigenvalue weighted by atomic mass is 10.0. The normalized spacial score (nSPS) is 15.6. The molecule has 138 valence electrons. The van der Waals surface area contributed by atoms with Crippen LogP contribution in [0.5, 0.6) is 11.6 Å². The first-order valence-corrected chi connectivity index (χ1v) is 8.42. The Morgan fingerprint density at radius 3 is 2.59 bits per heavy atom. The Balaban J connectivity index is 1.90. The molecule has 1 aliphatic rings. The van der Waals surface area contributed by atoms with E-state index in [1.54, 1.807) is 32.0 Å². The van der Waals surface area contributed by atoms with Crippen molar-refractivity contribution >= 4 is 23.6 Å². The molecule has 27 heavy (non-hydrogen) atoms. The number of nitrogens with zero attached hydrogens (tertiary/aromatic N) is 4. The molecule has 0 unspecified atom stereocenters. The molecule has 0 spiro atoms. The van der Waals surface area contributed by atoms with Crippen LogP contribution in [-0.2, 0) is 4.79 Å². The van der Waals surface area contributed by atoms with Gasteiger partial charge in [-0.15, -0.1) is 0 Å². The van der Waals surface area contributed by atoms with Gasteiger partial charge in [-0.2, -0.15) is 9.88 Å². The molecule has 1 fully saturated rings.